The lowest BCUT2D eigenvalue weighted by Crippen LogP contribution is -2.39. The van der Waals surface area contributed by atoms with E-state index < -0.39 is 0 Å². The van der Waals surface area contributed by atoms with Crippen LogP contribution in [0.15, 0.2) is 48.7 Å². The standard InChI is InChI=1S/C26H29N3O/c1-17-7-5-8-21(13-17)24-15-27-20(4)28-25(24)23-9-6-12-29(16-23)26(30)22-11-10-18(2)19(3)14-22/h5,7-8,10-11,13-15,23H,6,9,12,16H2,1-4H3/t23-/m0/s1. The van der Waals surface area contributed by atoms with Crippen molar-refractivity contribution in [1.82, 2.24) is 14.9 Å². The molecule has 1 aromatic heterocycles. The first kappa shape index (κ1) is 20.3. The summed E-state index contributed by atoms with van der Waals surface area (Å²) in [7, 11) is 0. The van der Waals surface area contributed by atoms with Gasteiger partial charge in [0.25, 0.3) is 5.91 Å². The molecule has 1 saturated heterocycles. The maximum Gasteiger partial charge on any atom is 0.253 e. The van der Waals surface area contributed by atoms with E-state index in [9.17, 15) is 4.79 Å². The number of aryl methyl sites for hydroxylation is 4. The van der Waals surface area contributed by atoms with Crippen LogP contribution in [0.4, 0.5) is 0 Å². The van der Waals surface area contributed by atoms with Crippen LogP contribution in [0.1, 0.15) is 57.3 Å². The molecule has 0 bridgehead atoms. The summed E-state index contributed by atoms with van der Waals surface area (Å²) in [6.07, 6.45) is 3.96. The Morgan fingerprint density at radius 1 is 1.03 bits per heavy atom. The minimum absolute atomic E-state index is 0.116. The Bertz CT molecular complexity index is 1090. The number of benzene rings is 2. The molecule has 30 heavy (non-hydrogen) atoms. The predicted molar refractivity (Wildman–Crippen MR) is 121 cm³/mol. The van der Waals surface area contributed by atoms with E-state index in [2.05, 4.69) is 50.0 Å². The Morgan fingerprint density at radius 2 is 1.87 bits per heavy atom. The van der Waals surface area contributed by atoms with Crippen LogP contribution in [0.25, 0.3) is 11.1 Å². The molecule has 0 spiro atoms. The molecule has 4 nitrogen and oxygen atoms in total. The van der Waals surface area contributed by atoms with E-state index in [1.807, 2.05) is 36.2 Å². The van der Waals surface area contributed by atoms with Crippen molar-refractivity contribution >= 4 is 5.91 Å². The van der Waals surface area contributed by atoms with Crippen LogP contribution in [0.5, 0.6) is 0 Å². The number of aromatic nitrogens is 2. The van der Waals surface area contributed by atoms with E-state index in [0.29, 0.717) is 6.54 Å². The third-order valence-electron chi connectivity index (χ3n) is 6.12. The van der Waals surface area contributed by atoms with Gasteiger partial charge in [-0.25, -0.2) is 9.97 Å². The van der Waals surface area contributed by atoms with Gasteiger partial charge >= 0.3 is 0 Å². The highest BCUT2D eigenvalue weighted by atomic mass is 16.2. The van der Waals surface area contributed by atoms with E-state index >= 15 is 0 Å². The van der Waals surface area contributed by atoms with E-state index in [4.69, 9.17) is 4.98 Å². The lowest BCUT2D eigenvalue weighted by Gasteiger charge is -2.33. The van der Waals surface area contributed by atoms with Gasteiger partial charge in [-0.2, -0.15) is 0 Å². The summed E-state index contributed by atoms with van der Waals surface area (Å²) < 4.78 is 0. The molecule has 0 unspecified atom stereocenters. The predicted octanol–water partition coefficient (Wildman–Crippen LogP) is 5.40. The number of carbonyl (C=O) groups excluding carboxylic acids is 1. The molecule has 4 rings (SSSR count). The smallest absolute Gasteiger partial charge is 0.253 e. The van der Waals surface area contributed by atoms with Crippen molar-refractivity contribution in [3.63, 3.8) is 0 Å². The molecule has 1 atom stereocenters. The van der Waals surface area contributed by atoms with Crippen molar-refractivity contribution in [2.24, 2.45) is 0 Å². The summed E-state index contributed by atoms with van der Waals surface area (Å²) in [6.45, 7) is 9.66. The first-order chi connectivity index (χ1) is 14.4. The monoisotopic (exact) mass is 399 g/mol. The Labute approximate surface area is 179 Å². The second kappa shape index (κ2) is 8.39. The first-order valence-electron chi connectivity index (χ1n) is 10.7. The fraction of sp³-hybridized carbons (Fsp3) is 0.346. The zero-order chi connectivity index (χ0) is 21.3. The van der Waals surface area contributed by atoms with Gasteiger partial charge in [-0.3, -0.25) is 4.79 Å². The number of nitrogens with zero attached hydrogens (tertiary/aromatic N) is 3. The topological polar surface area (TPSA) is 46.1 Å². The number of piperidine rings is 1. The van der Waals surface area contributed by atoms with Crippen LogP contribution in [0.2, 0.25) is 0 Å². The third-order valence-corrected chi connectivity index (χ3v) is 6.12. The van der Waals surface area contributed by atoms with Crippen molar-refractivity contribution in [3.05, 3.63) is 82.4 Å². The highest BCUT2D eigenvalue weighted by molar-refractivity contribution is 5.94. The summed E-state index contributed by atoms with van der Waals surface area (Å²) in [6, 6.07) is 14.5. The summed E-state index contributed by atoms with van der Waals surface area (Å²) in [5, 5.41) is 0. The second-order valence-corrected chi connectivity index (χ2v) is 8.47. The molecule has 0 N–H and O–H groups in total. The quantitative estimate of drug-likeness (QED) is 0.593. The molecule has 0 saturated carbocycles. The second-order valence-electron chi connectivity index (χ2n) is 8.47. The number of amides is 1. The molecule has 154 valence electrons. The first-order valence-corrected chi connectivity index (χ1v) is 10.7. The highest BCUT2D eigenvalue weighted by Crippen LogP contribution is 2.33. The number of rotatable bonds is 3. The van der Waals surface area contributed by atoms with Crippen molar-refractivity contribution in [2.75, 3.05) is 13.1 Å². The fourth-order valence-electron chi connectivity index (χ4n) is 4.28. The Morgan fingerprint density at radius 3 is 2.63 bits per heavy atom. The summed E-state index contributed by atoms with van der Waals surface area (Å²) in [4.78, 5) is 24.5. The molecule has 4 heteroatoms. The van der Waals surface area contributed by atoms with Crippen molar-refractivity contribution in [2.45, 2.75) is 46.5 Å². The van der Waals surface area contributed by atoms with E-state index in [1.54, 1.807) is 0 Å². The van der Waals surface area contributed by atoms with Crippen LogP contribution in [0.3, 0.4) is 0 Å². The lowest BCUT2D eigenvalue weighted by atomic mass is 9.89. The fourth-order valence-corrected chi connectivity index (χ4v) is 4.28. The lowest BCUT2D eigenvalue weighted by molar-refractivity contribution is 0.0706. The Balaban J connectivity index is 1.64. The number of hydrogen-bond acceptors (Lipinski definition) is 3. The van der Waals surface area contributed by atoms with Crippen molar-refractivity contribution in [3.8, 4) is 11.1 Å². The number of likely N-dealkylation sites (tertiary alicyclic amines) is 1. The highest BCUT2D eigenvalue weighted by Gasteiger charge is 2.28. The minimum atomic E-state index is 0.116. The Kier molecular flexibility index (Phi) is 5.67. The molecule has 0 aliphatic carbocycles. The van der Waals surface area contributed by atoms with Crippen LogP contribution in [0, 0.1) is 27.7 Å². The summed E-state index contributed by atoms with van der Waals surface area (Å²) >= 11 is 0. The molecule has 3 aromatic rings. The maximum absolute atomic E-state index is 13.2. The zero-order valence-corrected chi connectivity index (χ0v) is 18.3. The van der Waals surface area contributed by atoms with Crippen LogP contribution < -0.4 is 0 Å². The molecular weight excluding hydrogens is 370 g/mol. The van der Waals surface area contributed by atoms with Gasteiger partial charge in [0.15, 0.2) is 0 Å². The molecule has 1 fully saturated rings. The zero-order valence-electron chi connectivity index (χ0n) is 18.3. The molecule has 0 radical (unpaired) electrons. The Hall–Kier alpha value is -3.01. The van der Waals surface area contributed by atoms with Crippen LogP contribution >= 0.6 is 0 Å². The van der Waals surface area contributed by atoms with Gasteiger partial charge in [-0.05, 0) is 69.4 Å². The van der Waals surface area contributed by atoms with Gasteiger partial charge in [-0.15, -0.1) is 0 Å². The maximum atomic E-state index is 13.2. The van der Waals surface area contributed by atoms with Gasteiger partial charge in [0.05, 0.1) is 5.69 Å². The number of hydrogen-bond donors (Lipinski definition) is 0. The summed E-state index contributed by atoms with van der Waals surface area (Å²) in [5.74, 6) is 1.11. The van der Waals surface area contributed by atoms with E-state index in [-0.39, 0.29) is 11.8 Å². The van der Waals surface area contributed by atoms with Crippen molar-refractivity contribution < 1.29 is 4.79 Å². The molecule has 1 aliphatic heterocycles. The van der Waals surface area contributed by atoms with E-state index in [1.165, 1.54) is 11.1 Å². The van der Waals surface area contributed by atoms with Crippen molar-refractivity contribution in [1.29, 1.82) is 0 Å². The average Bonchev–Trinajstić information content (AvgIpc) is 2.75. The average molecular weight is 400 g/mol. The molecule has 2 heterocycles. The van der Waals surface area contributed by atoms with E-state index in [0.717, 1.165) is 53.2 Å². The van der Waals surface area contributed by atoms with Crippen LogP contribution in [-0.4, -0.2) is 33.9 Å². The number of carbonyl (C=O) groups is 1. The van der Waals surface area contributed by atoms with Gasteiger partial charge in [0, 0.05) is 36.3 Å². The molecule has 1 amide bonds. The molecular formula is C26H29N3O. The third kappa shape index (κ3) is 4.13. The SMILES string of the molecule is Cc1cccc(-c2cnc(C)nc2[C@H]2CCCN(C(=O)c3ccc(C)c(C)c3)C2)c1. The molecule has 1 aliphatic rings. The van der Waals surface area contributed by atoms with Crippen LogP contribution in [-0.2, 0) is 0 Å². The summed E-state index contributed by atoms with van der Waals surface area (Å²) in [5.41, 5.74) is 7.64. The van der Waals surface area contributed by atoms with Gasteiger partial charge in [0.1, 0.15) is 5.82 Å². The molecule has 2 aromatic carbocycles. The van der Waals surface area contributed by atoms with Gasteiger partial charge < -0.3 is 4.90 Å². The van der Waals surface area contributed by atoms with Gasteiger partial charge in [0.2, 0.25) is 0 Å². The van der Waals surface area contributed by atoms with Gasteiger partial charge in [-0.1, -0.05) is 35.9 Å². The minimum Gasteiger partial charge on any atom is -0.338 e. The largest absolute Gasteiger partial charge is 0.338 e. The normalized spacial score (nSPS) is 16.5.